The third-order valence-electron chi connectivity index (χ3n) is 5.23. The number of rotatable bonds is 5. The van der Waals surface area contributed by atoms with E-state index in [4.69, 9.17) is 16.3 Å². The average molecular weight is 412 g/mol. The zero-order valence-corrected chi connectivity index (χ0v) is 18.0. The van der Waals surface area contributed by atoms with Gasteiger partial charge in [-0.15, -0.1) is 0 Å². The van der Waals surface area contributed by atoms with E-state index in [1.807, 2.05) is 70.2 Å². The fourth-order valence-electron chi connectivity index (χ4n) is 3.71. The van der Waals surface area contributed by atoms with Gasteiger partial charge in [-0.2, -0.15) is 0 Å². The molecule has 0 unspecified atom stereocenters. The van der Waals surface area contributed by atoms with Crippen LogP contribution < -0.4 is 0 Å². The third kappa shape index (κ3) is 4.70. The van der Waals surface area contributed by atoms with Crippen molar-refractivity contribution in [3.8, 4) is 0 Å². The van der Waals surface area contributed by atoms with E-state index in [0.717, 1.165) is 16.7 Å². The van der Waals surface area contributed by atoms with Crippen molar-refractivity contribution in [3.05, 3.63) is 81.5 Å². The maximum Gasteiger partial charge on any atom is 0.336 e. The van der Waals surface area contributed by atoms with Gasteiger partial charge in [-0.05, 0) is 56.5 Å². The first-order valence-electron chi connectivity index (χ1n) is 9.80. The highest BCUT2D eigenvalue weighted by molar-refractivity contribution is 6.30. The smallest absolute Gasteiger partial charge is 0.336 e. The van der Waals surface area contributed by atoms with Crippen molar-refractivity contribution in [1.29, 1.82) is 0 Å². The van der Waals surface area contributed by atoms with Gasteiger partial charge in [0.15, 0.2) is 0 Å². The van der Waals surface area contributed by atoms with Crippen LogP contribution in [0, 0.1) is 6.92 Å². The number of esters is 1. The minimum absolute atomic E-state index is 0.0168. The Morgan fingerprint density at radius 3 is 2.55 bits per heavy atom. The Bertz CT molecular complexity index is 964. The molecule has 0 aliphatic carbocycles. The number of aryl methyl sites for hydroxylation is 1. The summed E-state index contributed by atoms with van der Waals surface area (Å²) in [7, 11) is 0. The Kier molecular flexibility index (Phi) is 6.43. The summed E-state index contributed by atoms with van der Waals surface area (Å²) in [5.41, 5.74) is 4.17. The second-order valence-electron chi connectivity index (χ2n) is 7.67. The molecule has 0 saturated carbocycles. The zero-order chi connectivity index (χ0) is 21.1. The Labute approximate surface area is 177 Å². The minimum Gasteiger partial charge on any atom is -0.460 e. The Morgan fingerprint density at radius 1 is 1.17 bits per heavy atom. The monoisotopic (exact) mass is 411 g/mol. The molecule has 2 aromatic rings. The van der Waals surface area contributed by atoms with Gasteiger partial charge in [0.1, 0.15) is 0 Å². The summed E-state index contributed by atoms with van der Waals surface area (Å²) in [6, 6.07) is 15.3. The van der Waals surface area contributed by atoms with Crippen molar-refractivity contribution in [1.82, 2.24) is 4.90 Å². The number of carbonyl (C=O) groups is 2. The highest BCUT2D eigenvalue weighted by Crippen LogP contribution is 2.38. The molecule has 5 heteroatoms. The van der Waals surface area contributed by atoms with Gasteiger partial charge < -0.3 is 9.64 Å². The van der Waals surface area contributed by atoms with E-state index in [1.165, 1.54) is 0 Å². The summed E-state index contributed by atoms with van der Waals surface area (Å²) in [5.74, 6) is -0.776. The van der Waals surface area contributed by atoms with Gasteiger partial charge in [0.05, 0.1) is 18.2 Å². The molecule has 0 spiro atoms. The molecule has 0 saturated heterocycles. The van der Waals surface area contributed by atoms with Crippen LogP contribution >= 0.6 is 11.6 Å². The third-order valence-corrected chi connectivity index (χ3v) is 5.46. The minimum atomic E-state index is -0.384. The van der Waals surface area contributed by atoms with Gasteiger partial charge in [-0.25, -0.2) is 4.79 Å². The van der Waals surface area contributed by atoms with Crippen LogP contribution in [-0.2, 0) is 20.9 Å². The zero-order valence-electron chi connectivity index (χ0n) is 17.2. The van der Waals surface area contributed by atoms with Crippen molar-refractivity contribution in [2.45, 2.75) is 52.7 Å². The lowest BCUT2D eigenvalue weighted by atomic mass is 9.83. The predicted octanol–water partition coefficient (Wildman–Crippen LogP) is 5.39. The molecule has 1 atom stereocenters. The number of nitrogens with zero attached hydrogens (tertiary/aromatic N) is 1. The SMILES string of the molecule is CC1=C(C(=O)OC(C)C)[C@@H](c2cccc(Cl)c2)CC(=O)N1Cc1ccccc1C. The first kappa shape index (κ1) is 21.1. The fourth-order valence-corrected chi connectivity index (χ4v) is 3.91. The topological polar surface area (TPSA) is 46.6 Å². The van der Waals surface area contributed by atoms with Gasteiger partial charge in [0.2, 0.25) is 5.91 Å². The highest BCUT2D eigenvalue weighted by Gasteiger charge is 2.37. The molecule has 29 heavy (non-hydrogen) atoms. The molecule has 0 N–H and O–H groups in total. The molecule has 1 amide bonds. The van der Waals surface area contributed by atoms with Crippen molar-refractivity contribution in [2.24, 2.45) is 0 Å². The molecule has 0 radical (unpaired) electrons. The molecule has 3 rings (SSSR count). The van der Waals surface area contributed by atoms with E-state index in [-0.39, 0.29) is 30.3 Å². The summed E-state index contributed by atoms with van der Waals surface area (Å²) in [6.45, 7) is 7.91. The first-order valence-corrected chi connectivity index (χ1v) is 10.2. The van der Waals surface area contributed by atoms with E-state index in [2.05, 4.69) is 0 Å². The van der Waals surface area contributed by atoms with Crippen LogP contribution in [0.15, 0.2) is 59.8 Å². The molecule has 1 aliphatic rings. The molecule has 152 valence electrons. The number of ether oxygens (including phenoxy) is 1. The molecule has 2 aromatic carbocycles. The van der Waals surface area contributed by atoms with Gasteiger partial charge in [0, 0.05) is 23.1 Å². The van der Waals surface area contributed by atoms with Gasteiger partial charge in [-0.1, -0.05) is 48.0 Å². The molecular formula is C24H26ClNO3. The summed E-state index contributed by atoms with van der Waals surface area (Å²) < 4.78 is 5.53. The van der Waals surface area contributed by atoms with Crippen LogP contribution in [0.4, 0.5) is 0 Å². The van der Waals surface area contributed by atoms with E-state index in [0.29, 0.717) is 22.8 Å². The lowest BCUT2D eigenvalue weighted by molar-refractivity contribution is -0.143. The van der Waals surface area contributed by atoms with E-state index < -0.39 is 0 Å². The van der Waals surface area contributed by atoms with Crippen LogP contribution in [-0.4, -0.2) is 22.9 Å². The number of halogens is 1. The summed E-state index contributed by atoms with van der Waals surface area (Å²) >= 11 is 6.17. The van der Waals surface area contributed by atoms with Gasteiger partial charge in [0.25, 0.3) is 0 Å². The van der Waals surface area contributed by atoms with Gasteiger partial charge >= 0.3 is 5.97 Å². The van der Waals surface area contributed by atoms with E-state index in [1.54, 1.807) is 11.0 Å². The van der Waals surface area contributed by atoms with E-state index >= 15 is 0 Å². The summed E-state index contributed by atoms with van der Waals surface area (Å²) in [4.78, 5) is 27.8. The van der Waals surface area contributed by atoms with Crippen molar-refractivity contribution in [2.75, 3.05) is 0 Å². The maximum absolute atomic E-state index is 13.1. The van der Waals surface area contributed by atoms with Crippen LogP contribution in [0.2, 0.25) is 5.02 Å². The molecule has 1 aliphatic heterocycles. The molecule has 4 nitrogen and oxygen atoms in total. The normalized spacial score (nSPS) is 17.1. The predicted molar refractivity (Wildman–Crippen MR) is 114 cm³/mol. The summed E-state index contributed by atoms with van der Waals surface area (Å²) in [5, 5.41) is 0.575. The molecule has 0 fully saturated rings. The maximum atomic E-state index is 13.1. The Balaban J connectivity index is 2.06. The number of hydrogen-bond donors (Lipinski definition) is 0. The summed E-state index contributed by atoms with van der Waals surface area (Å²) in [6.07, 6.45) is -0.0446. The van der Waals surface area contributed by atoms with Crippen molar-refractivity contribution >= 4 is 23.5 Å². The molecule has 0 aromatic heterocycles. The van der Waals surface area contributed by atoms with Crippen LogP contribution in [0.1, 0.15) is 49.8 Å². The first-order chi connectivity index (χ1) is 13.8. The number of carbonyl (C=O) groups excluding carboxylic acids is 2. The second-order valence-corrected chi connectivity index (χ2v) is 8.11. The standard InChI is InChI=1S/C24H26ClNO3/c1-15(2)29-24(28)23-17(4)26(14-19-9-6-5-8-16(19)3)22(27)13-21(23)18-10-7-11-20(25)12-18/h5-12,15,21H,13-14H2,1-4H3/t21-/m1/s1. The number of benzene rings is 2. The second kappa shape index (κ2) is 8.83. The Hall–Kier alpha value is -2.59. The fraction of sp³-hybridized carbons (Fsp3) is 0.333. The van der Waals surface area contributed by atoms with Gasteiger partial charge in [-0.3, -0.25) is 4.79 Å². The Morgan fingerprint density at radius 2 is 1.90 bits per heavy atom. The largest absolute Gasteiger partial charge is 0.460 e. The number of amides is 1. The number of allylic oxidation sites excluding steroid dienone is 1. The van der Waals surface area contributed by atoms with Crippen LogP contribution in [0.25, 0.3) is 0 Å². The highest BCUT2D eigenvalue weighted by atomic mass is 35.5. The van der Waals surface area contributed by atoms with E-state index in [9.17, 15) is 9.59 Å². The van der Waals surface area contributed by atoms with Crippen LogP contribution in [0.3, 0.4) is 0 Å². The average Bonchev–Trinajstić information content (AvgIpc) is 2.65. The molecular weight excluding hydrogens is 386 g/mol. The molecule has 1 heterocycles. The van der Waals surface area contributed by atoms with Crippen LogP contribution in [0.5, 0.6) is 0 Å². The van der Waals surface area contributed by atoms with Crippen molar-refractivity contribution in [3.63, 3.8) is 0 Å². The lowest BCUT2D eigenvalue weighted by Gasteiger charge is -2.35. The van der Waals surface area contributed by atoms with Crippen molar-refractivity contribution < 1.29 is 14.3 Å². The lowest BCUT2D eigenvalue weighted by Crippen LogP contribution is -2.38. The molecule has 0 bridgehead atoms. The number of hydrogen-bond acceptors (Lipinski definition) is 3. The quantitative estimate of drug-likeness (QED) is 0.619.